The largest absolute Gasteiger partial charge is 0.387 e. The lowest BCUT2D eigenvalue weighted by molar-refractivity contribution is -0.0222. The molecule has 1 amide bonds. The number of hydrogen-bond acceptors (Lipinski definition) is 3. The quantitative estimate of drug-likeness (QED) is 0.744. The van der Waals surface area contributed by atoms with Crippen LogP contribution in [0.3, 0.4) is 0 Å². The van der Waals surface area contributed by atoms with Crippen molar-refractivity contribution in [3.63, 3.8) is 0 Å². The fraction of sp³-hybridized carbons (Fsp3) is 0.583. The number of carbonyl (C=O) groups excluding carboxylic acids is 1. The van der Waals surface area contributed by atoms with E-state index in [9.17, 15) is 9.90 Å². The van der Waals surface area contributed by atoms with Gasteiger partial charge in [0.1, 0.15) is 5.69 Å². The SMILES string of the molecule is CCS[C@H]1CC[C@@]1(O)CNC(=O)c1ccc[nH]1. The van der Waals surface area contributed by atoms with Gasteiger partial charge in [-0.05, 0) is 30.7 Å². The molecule has 1 aliphatic carbocycles. The summed E-state index contributed by atoms with van der Waals surface area (Å²) >= 11 is 1.77. The second-order valence-electron chi connectivity index (χ2n) is 4.35. The molecule has 1 heterocycles. The molecule has 1 fully saturated rings. The van der Waals surface area contributed by atoms with Gasteiger partial charge in [-0.2, -0.15) is 11.8 Å². The molecule has 94 valence electrons. The van der Waals surface area contributed by atoms with Crippen molar-refractivity contribution in [1.82, 2.24) is 10.3 Å². The van der Waals surface area contributed by atoms with Gasteiger partial charge in [0.25, 0.3) is 5.91 Å². The Hall–Kier alpha value is -0.940. The average molecular weight is 254 g/mol. The third-order valence-electron chi connectivity index (χ3n) is 3.20. The molecule has 0 aliphatic heterocycles. The highest BCUT2D eigenvalue weighted by Crippen LogP contribution is 2.40. The minimum absolute atomic E-state index is 0.157. The lowest BCUT2D eigenvalue weighted by Crippen LogP contribution is -2.57. The normalized spacial score (nSPS) is 27.5. The number of carbonyl (C=O) groups is 1. The molecule has 17 heavy (non-hydrogen) atoms. The Morgan fingerprint density at radius 1 is 1.76 bits per heavy atom. The highest BCUT2D eigenvalue weighted by Gasteiger charge is 2.45. The van der Waals surface area contributed by atoms with Crippen LogP contribution in [0.25, 0.3) is 0 Å². The molecule has 3 N–H and O–H groups in total. The van der Waals surface area contributed by atoms with E-state index in [1.165, 1.54) is 0 Å². The number of thioether (sulfide) groups is 1. The van der Waals surface area contributed by atoms with Gasteiger partial charge >= 0.3 is 0 Å². The molecule has 1 aromatic heterocycles. The molecular formula is C12H18N2O2S. The zero-order chi connectivity index (χ0) is 12.3. The van der Waals surface area contributed by atoms with Crippen molar-refractivity contribution >= 4 is 17.7 Å². The van der Waals surface area contributed by atoms with Gasteiger partial charge in [-0.1, -0.05) is 6.92 Å². The van der Waals surface area contributed by atoms with Crippen molar-refractivity contribution in [3.8, 4) is 0 Å². The van der Waals surface area contributed by atoms with Crippen LogP contribution in [0, 0.1) is 0 Å². The minimum atomic E-state index is -0.719. The molecule has 0 unspecified atom stereocenters. The zero-order valence-electron chi connectivity index (χ0n) is 9.90. The number of nitrogens with one attached hydrogen (secondary N) is 2. The number of amides is 1. The third-order valence-corrected chi connectivity index (χ3v) is 4.61. The van der Waals surface area contributed by atoms with E-state index in [-0.39, 0.29) is 11.2 Å². The van der Waals surface area contributed by atoms with E-state index >= 15 is 0 Å². The molecule has 0 aromatic carbocycles. The first-order valence-electron chi connectivity index (χ1n) is 5.91. The fourth-order valence-electron chi connectivity index (χ4n) is 2.04. The van der Waals surface area contributed by atoms with Gasteiger partial charge < -0.3 is 15.4 Å². The molecule has 0 bridgehead atoms. The van der Waals surface area contributed by atoms with Crippen LogP contribution in [-0.4, -0.2) is 39.1 Å². The van der Waals surface area contributed by atoms with Crippen molar-refractivity contribution in [2.75, 3.05) is 12.3 Å². The Bertz CT molecular complexity index is 380. The van der Waals surface area contributed by atoms with Crippen LogP contribution in [0.4, 0.5) is 0 Å². The smallest absolute Gasteiger partial charge is 0.267 e. The summed E-state index contributed by atoms with van der Waals surface area (Å²) in [6.45, 7) is 2.42. The molecule has 5 heteroatoms. The van der Waals surface area contributed by atoms with Crippen LogP contribution in [0.2, 0.25) is 0 Å². The second kappa shape index (κ2) is 5.14. The maximum atomic E-state index is 11.7. The number of aromatic amines is 1. The van der Waals surface area contributed by atoms with Crippen LogP contribution in [-0.2, 0) is 0 Å². The molecule has 1 aromatic rings. The van der Waals surface area contributed by atoms with E-state index in [0.29, 0.717) is 12.2 Å². The third kappa shape index (κ3) is 2.66. The lowest BCUT2D eigenvalue weighted by Gasteiger charge is -2.45. The first-order chi connectivity index (χ1) is 8.15. The Labute approximate surface area is 105 Å². The Balaban J connectivity index is 1.84. The van der Waals surface area contributed by atoms with Crippen LogP contribution in [0.5, 0.6) is 0 Å². The molecular weight excluding hydrogens is 236 g/mol. The molecule has 0 saturated heterocycles. The topological polar surface area (TPSA) is 65.1 Å². The number of H-pyrrole nitrogens is 1. The molecule has 1 saturated carbocycles. The van der Waals surface area contributed by atoms with Crippen molar-refractivity contribution in [1.29, 1.82) is 0 Å². The lowest BCUT2D eigenvalue weighted by atomic mass is 9.79. The predicted octanol–water partition coefficient (Wildman–Crippen LogP) is 1.39. The maximum absolute atomic E-state index is 11.7. The van der Waals surface area contributed by atoms with Gasteiger partial charge in [0.2, 0.25) is 0 Å². The zero-order valence-corrected chi connectivity index (χ0v) is 10.7. The van der Waals surface area contributed by atoms with E-state index < -0.39 is 5.60 Å². The average Bonchev–Trinajstić information content (AvgIpc) is 2.85. The molecule has 2 atom stereocenters. The van der Waals surface area contributed by atoms with E-state index in [1.807, 2.05) is 0 Å². The van der Waals surface area contributed by atoms with E-state index in [0.717, 1.165) is 18.6 Å². The number of rotatable bonds is 5. The van der Waals surface area contributed by atoms with Crippen LogP contribution in [0.15, 0.2) is 18.3 Å². The van der Waals surface area contributed by atoms with Gasteiger partial charge in [0, 0.05) is 18.0 Å². The first-order valence-corrected chi connectivity index (χ1v) is 6.96. The van der Waals surface area contributed by atoms with E-state index in [2.05, 4.69) is 17.2 Å². The van der Waals surface area contributed by atoms with E-state index in [4.69, 9.17) is 0 Å². The van der Waals surface area contributed by atoms with Crippen molar-refractivity contribution < 1.29 is 9.90 Å². The number of aliphatic hydroxyl groups is 1. The van der Waals surface area contributed by atoms with Crippen LogP contribution in [0.1, 0.15) is 30.3 Å². The van der Waals surface area contributed by atoms with Crippen molar-refractivity contribution in [3.05, 3.63) is 24.0 Å². The number of aromatic nitrogens is 1. The Morgan fingerprint density at radius 2 is 2.59 bits per heavy atom. The van der Waals surface area contributed by atoms with Crippen molar-refractivity contribution in [2.24, 2.45) is 0 Å². The van der Waals surface area contributed by atoms with Gasteiger partial charge in [-0.3, -0.25) is 4.79 Å². The van der Waals surface area contributed by atoms with E-state index in [1.54, 1.807) is 30.1 Å². The summed E-state index contributed by atoms with van der Waals surface area (Å²) in [5.74, 6) is 0.841. The molecule has 2 rings (SSSR count). The van der Waals surface area contributed by atoms with Crippen LogP contribution >= 0.6 is 11.8 Å². The molecule has 0 spiro atoms. The summed E-state index contributed by atoms with van der Waals surface area (Å²) < 4.78 is 0. The summed E-state index contributed by atoms with van der Waals surface area (Å²) in [7, 11) is 0. The summed E-state index contributed by atoms with van der Waals surface area (Å²) in [5.41, 5.74) is -0.184. The minimum Gasteiger partial charge on any atom is -0.387 e. The summed E-state index contributed by atoms with van der Waals surface area (Å²) in [5, 5.41) is 13.3. The predicted molar refractivity (Wildman–Crippen MR) is 69.2 cm³/mol. The van der Waals surface area contributed by atoms with Gasteiger partial charge in [-0.15, -0.1) is 0 Å². The summed E-state index contributed by atoms with van der Waals surface area (Å²) in [4.78, 5) is 14.5. The summed E-state index contributed by atoms with van der Waals surface area (Å²) in [6.07, 6.45) is 3.52. The van der Waals surface area contributed by atoms with Crippen molar-refractivity contribution in [2.45, 2.75) is 30.6 Å². The highest BCUT2D eigenvalue weighted by molar-refractivity contribution is 8.00. The standard InChI is InChI=1S/C12H18N2O2S/c1-2-17-10-5-6-12(10,16)8-14-11(15)9-4-3-7-13-9/h3-4,7,10,13,16H,2,5-6,8H2,1H3,(H,14,15)/t10-,12+/m0/s1. The molecule has 0 radical (unpaired) electrons. The van der Waals surface area contributed by atoms with Gasteiger partial charge in [0.15, 0.2) is 0 Å². The molecule has 4 nitrogen and oxygen atoms in total. The monoisotopic (exact) mass is 254 g/mol. The van der Waals surface area contributed by atoms with Crippen LogP contribution < -0.4 is 5.32 Å². The maximum Gasteiger partial charge on any atom is 0.267 e. The number of hydrogen-bond donors (Lipinski definition) is 3. The fourth-order valence-corrected chi connectivity index (χ4v) is 3.24. The Kier molecular flexibility index (Phi) is 3.79. The molecule has 1 aliphatic rings. The highest BCUT2D eigenvalue weighted by atomic mass is 32.2. The first kappa shape index (κ1) is 12.5. The Morgan fingerprint density at radius 3 is 3.12 bits per heavy atom. The van der Waals surface area contributed by atoms with Gasteiger partial charge in [-0.25, -0.2) is 0 Å². The van der Waals surface area contributed by atoms with Gasteiger partial charge in [0.05, 0.1) is 5.60 Å². The summed E-state index contributed by atoms with van der Waals surface area (Å²) in [6, 6.07) is 3.50. The second-order valence-corrected chi connectivity index (χ2v) is 5.83.